The second kappa shape index (κ2) is 8.34. The van der Waals surface area contributed by atoms with Crippen molar-refractivity contribution in [1.29, 1.82) is 0 Å². The van der Waals surface area contributed by atoms with Gasteiger partial charge in [-0.3, -0.25) is 4.79 Å². The molecule has 0 spiro atoms. The third-order valence-electron chi connectivity index (χ3n) is 4.85. The van der Waals surface area contributed by atoms with Gasteiger partial charge in [0.2, 0.25) is 0 Å². The van der Waals surface area contributed by atoms with Crippen molar-refractivity contribution in [3.63, 3.8) is 0 Å². The summed E-state index contributed by atoms with van der Waals surface area (Å²) in [6.45, 7) is 4.77. The van der Waals surface area contributed by atoms with E-state index >= 15 is 0 Å². The van der Waals surface area contributed by atoms with Crippen LogP contribution >= 0.6 is 0 Å². The zero-order valence-electron chi connectivity index (χ0n) is 14.6. The highest BCUT2D eigenvalue weighted by molar-refractivity contribution is 5.82. The molecule has 1 atom stereocenters. The van der Waals surface area contributed by atoms with Crippen LogP contribution in [0.2, 0.25) is 0 Å². The van der Waals surface area contributed by atoms with Crippen molar-refractivity contribution in [3.8, 4) is 5.75 Å². The number of benzene rings is 1. The van der Waals surface area contributed by atoms with Gasteiger partial charge in [0.15, 0.2) is 0 Å². The molecule has 1 N–H and O–H groups in total. The highest BCUT2D eigenvalue weighted by atomic mass is 16.5. The van der Waals surface area contributed by atoms with E-state index in [1.807, 2.05) is 35.0 Å². The summed E-state index contributed by atoms with van der Waals surface area (Å²) >= 11 is 0. The van der Waals surface area contributed by atoms with Crippen LogP contribution in [0, 0.1) is 0 Å². The molecule has 1 aromatic carbocycles. The zero-order valence-corrected chi connectivity index (χ0v) is 14.6. The topological polar surface area (TPSA) is 43.3 Å². The fourth-order valence-corrected chi connectivity index (χ4v) is 3.33. The maximum atomic E-state index is 12.7. The largest absolute Gasteiger partial charge is 0.494 e. The number of pyridine rings is 1. The van der Waals surface area contributed by atoms with Crippen LogP contribution < -0.4 is 15.6 Å². The molecule has 1 saturated heterocycles. The Kier molecular flexibility index (Phi) is 5.91. The molecule has 2 aromatic rings. The molecule has 0 amide bonds. The lowest BCUT2D eigenvalue weighted by molar-refractivity contribution is 0.310. The number of nitrogens with one attached hydrogen (secondary N) is 1. The van der Waals surface area contributed by atoms with E-state index in [4.69, 9.17) is 4.74 Å². The quantitative estimate of drug-likeness (QED) is 0.788. The summed E-state index contributed by atoms with van der Waals surface area (Å²) in [6.07, 6.45) is 8.90. The highest BCUT2D eigenvalue weighted by Gasteiger charge is 2.13. The van der Waals surface area contributed by atoms with Crippen molar-refractivity contribution in [2.24, 2.45) is 0 Å². The van der Waals surface area contributed by atoms with E-state index in [1.165, 1.54) is 19.3 Å². The summed E-state index contributed by atoms with van der Waals surface area (Å²) in [4.78, 5) is 12.7. The molecule has 1 aliphatic heterocycles. The Labute approximate surface area is 143 Å². The summed E-state index contributed by atoms with van der Waals surface area (Å²) < 4.78 is 7.58. The van der Waals surface area contributed by atoms with Crippen LogP contribution in [0.1, 0.15) is 45.4 Å². The fourth-order valence-electron chi connectivity index (χ4n) is 3.33. The Morgan fingerprint density at radius 2 is 2.21 bits per heavy atom. The van der Waals surface area contributed by atoms with Crippen molar-refractivity contribution in [2.45, 2.75) is 58.0 Å². The number of hydrogen-bond donors (Lipinski definition) is 1. The maximum Gasteiger partial charge on any atom is 0.258 e. The van der Waals surface area contributed by atoms with Crippen LogP contribution in [0.5, 0.6) is 5.75 Å². The molecular formula is C20H28N2O2. The van der Waals surface area contributed by atoms with Crippen molar-refractivity contribution < 1.29 is 4.74 Å². The molecular weight excluding hydrogens is 300 g/mol. The van der Waals surface area contributed by atoms with Crippen LogP contribution in [0.25, 0.3) is 10.8 Å². The van der Waals surface area contributed by atoms with Gasteiger partial charge in [-0.1, -0.05) is 19.8 Å². The van der Waals surface area contributed by atoms with Crippen molar-refractivity contribution >= 4 is 10.8 Å². The zero-order chi connectivity index (χ0) is 16.8. The van der Waals surface area contributed by atoms with Crippen LogP contribution in [-0.2, 0) is 6.54 Å². The average molecular weight is 328 g/mol. The molecule has 4 nitrogen and oxygen atoms in total. The van der Waals surface area contributed by atoms with Gasteiger partial charge in [0.1, 0.15) is 5.75 Å². The van der Waals surface area contributed by atoms with Gasteiger partial charge in [0.05, 0.1) is 6.61 Å². The number of unbranched alkanes of at least 4 members (excludes halogenated alkanes) is 1. The molecule has 2 heterocycles. The molecule has 0 bridgehead atoms. The fraction of sp³-hybridized carbons (Fsp3) is 0.550. The van der Waals surface area contributed by atoms with Crippen molar-refractivity contribution in [2.75, 3.05) is 13.2 Å². The third-order valence-corrected chi connectivity index (χ3v) is 4.85. The minimum absolute atomic E-state index is 0.100. The molecule has 0 aliphatic carbocycles. The van der Waals surface area contributed by atoms with Gasteiger partial charge in [-0.05, 0) is 61.9 Å². The monoisotopic (exact) mass is 328 g/mol. The highest BCUT2D eigenvalue weighted by Crippen LogP contribution is 2.19. The summed E-state index contributed by atoms with van der Waals surface area (Å²) in [5.41, 5.74) is 0.100. The lowest BCUT2D eigenvalue weighted by Crippen LogP contribution is -2.35. The van der Waals surface area contributed by atoms with Crippen LogP contribution in [0.3, 0.4) is 0 Å². The first-order chi connectivity index (χ1) is 11.8. The lowest BCUT2D eigenvalue weighted by Gasteiger charge is -2.23. The van der Waals surface area contributed by atoms with Gasteiger partial charge in [-0.2, -0.15) is 0 Å². The van der Waals surface area contributed by atoms with E-state index in [0.29, 0.717) is 6.04 Å². The number of fused-ring (bicyclic) bond motifs is 1. The molecule has 1 unspecified atom stereocenters. The predicted molar refractivity (Wildman–Crippen MR) is 98.9 cm³/mol. The van der Waals surface area contributed by atoms with Gasteiger partial charge < -0.3 is 14.6 Å². The van der Waals surface area contributed by atoms with E-state index in [1.54, 1.807) is 0 Å². The summed E-state index contributed by atoms with van der Waals surface area (Å²) in [5.74, 6) is 0.847. The summed E-state index contributed by atoms with van der Waals surface area (Å²) in [5, 5.41) is 5.28. The van der Waals surface area contributed by atoms with Crippen molar-refractivity contribution in [1.82, 2.24) is 9.88 Å². The summed E-state index contributed by atoms with van der Waals surface area (Å²) in [7, 11) is 0. The Hall–Kier alpha value is -1.81. The van der Waals surface area contributed by atoms with Crippen molar-refractivity contribution in [3.05, 3.63) is 40.8 Å². The van der Waals surface area contributed by atoms with Crippen LogP contribution in [0.4, 0.5) is 0 Å². The Morgan fingerprint density at radius 3 is 3.00 bits per heavy atom. The van der Waals surface area contributed by atoms with E-state index < -0.39 is 0 Å². The molecule has 3 rings (SSSR count). The standard InChI is InChI=1S/C20H28N2O2/c1-2-3-14-24-18-7-8-19-16(15-18)9-12-22(20(19)23)13-10-17-6-4-5-11-21-17/h7-9,12,15,17,21H,2-6,10-11,13-14H2,1H3. The Morgan fingerprint density at radius 1 is 1.29 bits per heavy atom. The third kappa shape index (κ3) is 4.18. The first-order valence-electron chi connectivity index (χ1n) is 9.27. The number of nitrogens with zero attached hydrogens (tertiary/aromatic N) is 1. The molecule has 1 aliphatic rings. The number of hydrogen-bond acceptors (Lipinski definition) is 3. The molecule has 1 fully saturated rings. The molecule has 24 heavy (non-hydrogen) atoms. The minimum atomic E-state index is 0.100. The van der Waals surface area contributed by atoms with Gasteiger partial charge >= 0.3 is 0 Å². The van der Waals surface area contributed by atoms with Crippen LogP contribution in [-0.4, -0.2) is 23.8 Å². The number of aryl methyl sites for hydroxylation is 1. The molecule has 4 heteroatoms. The first-order valence-corrected chi connectivity index (χ1v) is 9.27. The number of aromatic nitrogens is 1. The lowest BCUT2D eigenvalue weighted by atomic mass is 10.0. The number of rotatable bonds is 7. The van der Waals surface area contributed by atoms with E-state index in [0.717, 1.165) is 55.5 Å². The second-order valence-corrected chi connectivity index (χ2v) is 6.70. The number of piperidine rings is 1. The SMILES string of the molecule is CCCCOc1ccc2c(=O)n(CCC3CCCCN3)ccc2c1. The van der Waals surface area contributed by atoms with Gasteiger partial charge in [0, 0.05) is 24.2 Å². The smallest absolute Gasteiger partial charge is 0.258 e. The maximum absolute atomic E-state index is 12.7. The van der Waals surface area contributed by atoms with Crippen LogP contribution in [0.15, 0.2) is 35.3 Å². The Bertz CT molecular complexity index is 717. The minimum Gasteiger partial charge on any atom is -0.494 e. The predicted octanol–water partition coefficient (Wildman–Crippen LogP) is 3.71. The average Bonchev–Trinajstić information content (AvgIpc) is 2.62. The molecule has 130 valence electrons. The number of ether oxygens (including phenoxy) is 1. The van der Waals surface area contributed by atoms with Gasteiger partial charge in [-0.15, -0.1) is 0 Å². The normalized spacial score (nSPS) is 18.0. The molecule has 0 saturated carbocycles. The van der Waals surface area contributed by atoms with Gasteiger partial charge in [-0.25, -0.2) is 0 Å². The Balaban J connectivity index is 1.70. The van der Waals surface area contributed by atoms with E-state index in [-0.39, 0.29) is 5.56 Å². The first kappa shape index (κ1) is 17.0. The van der Waals surface area contributed by atoms with E-state index in [9.17, 15) is 4.79 Å². The summed E-state index contributed by atoms with van der Waals surface area (Å²) in [6, 6.07) is 8.36. The molecule has 1 aromatic heterocycles. The molecule has 0 radical (unpaired) electrons. The second-order valence-electron chi connectivity index (χ2n) is 6.70. The van der Waals surface area contributed by atoms with E-state index in [2.05, 4.69) is 12.2 Å². The van der Waals surface area contributed by atoms with Gasteiger partial charge in [0.25, 0.3) is 5.56 Å².